The van der Waals surface area contributed by atoms with Crippen LogP contribution < -0.4 is 11.1 Å². The molecule has 0 saturated carbocycles. The molecule has 7 nitrogen and oxygen atoms in total. The Balaban J connectivity index is 1.82. The molecule has 0 spiro atoms. The Morgan fingerprint density at radius 1 is 1.23 bits per heavy atom. The van der Waals surface area contributed by atoms with E-state index in [1.807, 2.05) is 36.7 Å². The summed E-state index contributed by atoms with van der Waals surface area (Å²) in [6.07, 6.45) is 0. The fourth-order valence-electron chi connectivity index (χ4n) is 2.81. The molecule has 0 aliphatic rings. The summed E-state index contributed by atoms with van der Waals surface area (Å²) >= 11 is 1.55. The van der Waals surface area contributed by atoms with Crippen LogP contribution in [0.2, 0.25) is 0 Å². The largest absolute Gasteiger partial charge is 0.334 e. The van der Waals surface area contributed by atoms with Crippen molar-refractivity contribution >= 4 is 22.4 Å². The Morgan fingerprint density at radius 2 is 2.08 bits per heavy atom. The molecule has 8 heteroatoms. The standard InChI is InChI=1S/C18H16N4O3S/c1-10(2)8-22-14-4-3-11(7-13(14)19-16(23)18(22)24)15-20-17(25-21-15)12-5-6-26-9-12/h3-7,9-10H,8H2,1-2H3,(H,19,23). The zero-order chi connectivity index (χ0) is 18.3. The summed E-state index contributed by atoms with van der Waals surface area (Å²) in [5, 5.41) is 7.89. The number of hydrogen-bond donors (Lipinski definition) is 1. The number of nitrogens with zero attached hydrogens (tertiary/aromatic N) is 3. The van der Waals surface area contributed by atoms with Crippen molar-refractivity contribution in [3.8, 4) is 22.8 Å². The zero-order valence-corrected chi connectivity index (χ0v) is 15.0. The smallest absolute Gasteiger partial charge is 0.316 e. The fraction of sp³-hybridized carbons (Fsp3) is 0.222. The van der Waals surface area contributed by atoms with Crippen LogP contribution >= 0.6 is 11.3 Å². The van der Waals surface area contributed by atoms with Gasteiger partial charge in [-0.1, -0.05) is 19.0 Å². The minimum Gasteiger partial charge on any atom is -0.334 e. The van der Waals surface area contributed by atoms with Crippen molar-refractivity contribution in [2.75, 3.05) is 0 Å². The summed E-state index contributed by atoms with van der Waals surface area (Å²) in [6, 6.07) is 7.28. The van der Waals surface area contributed by atoms with Gasteiger partial charge in [-0.2, -0.15) is 16.3 Å². The van der Waals surface area contributed by atoms with Gasteiger partial charge in [-0.05, 0) is 35.6 Å². The van der Waals surface area contributed by atoms with Gasteiger partial charge in [0.15, 0.2) is 0 Å². The normalized spacial score (nSPS) is 11.5. The Labute approximate surface area is 151 Å². The molecule has 4 aromatic rings. The zero-order valence-electron chi connectivity index (χ0n) is 14.2. The summed E-state index contributed by atoms with van der Waals surface area (Å²) < 4.78 is 6.82. The Bertz CT molecular complexity index is 1190. The molecule has 132 valence electrons. The SMILES string of the molecule is CC(C)Cn1c(=O)c(=O)[nH]c2cc(-c3noc(-c4ccsc4)n3)ccc21. The number of H-pyrrole nitrogens is 1. The third-order valence-electron chi connectivity index (χ3n) is 3.98. The van der Waals surface area contributed by atoms with Crippen LogP contribution in [-0.2, 0) is 6.54 Å². The number of aromatic amines is 1. The van der Waals surface area contributed by atoms with Crippen LogP contribution in [0.15, 0.2) is 49.1 Å². The van der Waals surface area contributed by atoms with Crippen molar-refractivity contribution < 1.29 is 4.52 Å². The predicted octanol–water partition coefficient (Wildman–Crippen LogP) is 3.12. The minimum absolute atomic E-state index is 0.239. The number of fused-ring (bicyclic) bond motifs is 1. The van der Waals surface area contributed by atoms with E-state index in [1.165, 1.54) is 4.57 Å². The van der Waals surface area contributed by atoms with Gasteiger partial charge in [0.25, 0.3) is 5.89 Å². The molecule has 1 N–H and O–H groups in total. The lowest BCUT2D eigenvalue weighted by molar-refractivity contribution is 0.432. The minimum atomic E-state index is -0.637. The van der Waals surface area contributed by atoms with Crippen molar-refractivity contribution in [3.05, 3.63) is 55.7 Å². The lowest BCUT2D eigenvalue weighted by atomic mass is 10.1. The van der Waals surface area contributed by atoms with Crippen molar-refractivity contribution in [2.24, 2.45) is 5.92 Å². The van der Waals surface area contributed by atoms with Crippen LogP contribution in [0.5, 0.6) is 0 Å². The van der Waals surface area contributed by atoms with E-state index in [0.717, 1.165) is 5.56 Å². The Morgan fingerprint density at radius 3 is 2.81 bits per heavy atom. The van der Waals surface area contributed by atoms with E-state index in [-0.39, 0.29) is 5.92 Å². The van der Waals surface area contributed by atoms with Gasteiger partial charge in [0.1, 0.15) is 0 Å². The molecule has 3 aromatic heterocycles. The number of nitrogens with one attached hydrogen (secondary N) is 1. The van der Waals surface area contributed by atoms with Crippen LogP contribution in [0, 0.1) is 5.92 Å². The third-order valence-corrected chi connectivity index (χ3v) is 4.66. The van der Waals surface area contributed by atoms with Gasteiger partial charge in [-0.15, -0.1) is 0 Å². The van der Waals surface area contributed by atoms with E-state index in [9.17, 15) is 9.59 Å². The maximum atomic E-state index is 12.2. The molecule has 0 unspecified atom stereocenters. The van der Waals surface area contributed by atoms with Gasteiger partial charge in [-0.3, -0.25) is 9.59 Å². The lowest BCUT2D eigenvalue weighted by Crippen LogP contribution is -2.37. The van der Waals surface area contributed by atoms with Crippen molar-refractivity contribution in [3.63, 3.8) is 0 Å². The molecule has 0 atom stereocenters. The summed E-state index contributed by atoms with van der Waals surface area (Å²) in [7, 11) is 0. The number of benzene rings is 1. The van der Waals surface area contributed by atoms with Gasteiger partial charge < -0.3 is 14.1 Å². The molecule has 4 rings (SSSR count). The van der Waals surface area contributed by atoms with Gasteiger partial charge in [0.2, 0.25) is 5.82 Å². The number of aromatic nitrogens is 4. The highest BCUT2D eigenvalue weighted by atomic mass is 32.1. The molecule has 0 fully saturated rings. The third kappa shape index (κ3) is 2.88. The first-order valence-electron chi connectivity index (χ1n) is 8.16. The second-order valence-corrected chi connectivity index (χ2v) is 7.21. The van der Waals surface area contributed by atoms with Gasteiger partial charge in [-0.25, -0.2) is 0 Å². The Hall–Kier alpha value is -3.00. The average molecular weight is 368 g/mol. The lowest BCUT2D eigenvalue weighted by Gasteiger charge is -2.12. The van der Waals surface area contributed by atoms with Crippen molar-refractivity contribution in [1.82, 2.24) is 19.7 Å². The second-order valence-electron chi connectivity index (χ2n) is 6.43. The van der Waals surface area contributed by atoms with Crippen LogP contribution in [0.1, 0.15) is 13.8 Å². The van der Waals surface area contributed by atoms with Crippen molar-refractivity contribution in [2.45, 2.75) is 20.4 Å². The second kappa shape index (κ2) is 6.38. The number of hydrogen-bond acceptors (Lipinski definition) is 6. The highest BCUT2D eigenvalue weighted by Gasteiger charge is 2.14. The highest BCUT2D eigenvalue weighted by Crippen LogP contribution is 2.25. The molecular formula is C18H16N4O3S. The maximum absolute atomic E-state index is 12.2. The van der Waals surface area contributed by atoms with E-state index in [1.54, 1.807) is 23.5 Å². The fourth-order valence-corrected chi connectivity index (χ4v) is 3.44. The molecular weight excluding hydrogens is 352 g/mol. The van der Waals surface area contributed by atoms with Crippen LogP contribution in [0.3, 0.4) is 0 Å². The van der Waals surface area contributed by atoms with E-state index >= 15 is 0 Å². The first-order chi connectivity index (χ1) is 12.5. The number of rotatable bonds is 4. The van der Waals surface area contributed by atoms with Gasteiger partial charge >= 0.3 is 11.1 Å². The molecule has 0 aliphatic heterocycles. The number of thiophene rings is 1. The summed E-state index contributed by atoms with van der Waals surface area (Å²) in [4.78, 5) is 31.2. The summed E-state index contributed by atoms with van der Waals surface area (Å²) in [5.74, 6) is 1.11. The molecule has 0 aliphatic carbocycles. The molecule has 3 heterocycles. The van der Waals surface area contributed by atoms with E-state index in [4.69, 9.17) is 4.52 Å². The topological polar surface area (TPSA) is 93.8 Å². The maximum Gasteiger partial charge on any atom is 0.316 e. The molecule has 0 saturated heterocycles. The monoisotopic (exact) mass is 368 g/mol. The quantitative estimate of drug-likeness (QED) is 0.559. The molecule has 1 aromatic carbocycles. The average Bonchev–Trinajstić information content (AvgIpc) is 3.29. The van der Waals surface area contributed by atoms with Crippen LogP contribution in [0.25, 0.3) is 33.9 Å². The first-order valence-corrected chi connectivity index (χ1v) is 9.11. The molecule has 0 bridgehead atoms. The van der Waals surface area contributed by atoms with Crippen LogP contribution in [-0.4, -0.2) is 19.7 Å². The van der Waals surface area contributed by atoms with Gasteiger partial charge in [0.05, 0.1) is 16.6 Å². The molecule has 26 heavy (non-hydrogen) atoms. The summed E-state index contributed by atoms with van der Waals surface area (Å²) in [6.45, 7) is 4.47. The van der Waals surface area contributed by atoms with Crippen LogP contribution in [0.4, 0.5) is 0 Å². The van der Waals surface area contributed by atoms with E-state index in [0.29, 0.717) is 34.9 Å². The first kappa shape index (κ1) is 16.5. The molecule has 0 amide bonds. The Kier molecular flexibility index (Phi) is 4.04. The van der Waals surface area contributed by atoms with E-state index in [2.05, 4.69) is 15.1 Å². The predicted molar refractivity (Wildman–Crippen MR) is 100 cm³/mol. The molecule has 0 radical (unpaired) electrons. The highest BCUT2D eigenvalue weighted by molar-refractivity contribution is 7.08. The van der Waals surface area contributed by atoms with Gasteiger partial charge in [0, 0.05) is 17.5 Å². The summed E-state index contributed by atoms with van der Waals surface area (Å²) in [5.41, 5.74) is 1.63. The van der Waals surface area contributed by atoms with E-state index < -0.39 is 11.1 Å². The van der Waals surface area contributed by atoms with Crippen molar-refractivity contribution in [1.29, 1.82) is 0 Å².